The van der Waals surface area contributed by atoms with Gasteiger partial charge in [0.25, 0.3) is 5.91 Å². The molecule has 0 aliphatic carbocycles. The topological polar surface area (TPSA) is 144 Å². The van der Waals surface area contributed by atoms with Gasteiger partial charge in [-0.1, -0.05) is 0 Å². The molecule has 5 saturated heterocycles. The van der Waals surface area contributed by atoms with Crippen molar-refractivity contribution < 1.29 is 9.53 Å². The van der Waals surface area contributed by atoms with Crippen molar-refractivity contribution in [2.24, 2.45) is 0 Å². The minimum Gasteiger partial charge on any atom is -0.378 e. The van der Waals surface area contributed by atoms with E-state index >= 15 is 0 Å². The monoisotopic (exact) mass is 664 g/mol. The standard InChI is InChI=1S/C29H52N12O2S2/c1-19(43-10-2-3-20-14-40(8-11-44-20)27-23-25(33-16-31-23)34-18-36-27)13-22-37-26-24(32-17-35-26)28(38-22)41-9-12-45-21(15-41)29(42)39-6-4-30-5-7-39/h14-15,19,22-28,30-38H,2-13,16-18H2,1H3. The number of thioether (sulfide) groups is 2. The minimum absolute atomic E-state index is 0.0910. The van der Waals surface area contributed by atoms with E-state index in [9.17, 15) is 4.79 Å². The minimum atomic E-state index is 0.0910. The molecule has 5 fully saturated rings. The zero-order valence-electron chi connectivity index (χ0n) is 26.4. The highest BCUT2D eigenvalue weighted by molar-refractivity contribution is 8.04. The molecule has 0 radical (unpaired) electrons. The first-order chi connectivity index (χ1) is 22.1. The Morgan fingerprint density at radius 3 is 2.40 bits per heavy atom. The van der Waals surface area contributed by atoms with Gasteiger partial charge in [-0.25, -0.2) is 0 Å². The highest BCUT2D eigenvalue weighted by atomic mass is 32.2. The maximum atomic E-state index is 13.3. The number of hydrogen-bond acceptors (Lipinski definition) is 15. The lowest BCUT2D eigenvalue weighted by Crippen LogP contribution is -2.72. The molecule has 7 aliphatic heterocycles. The van der Waals surface area contributed by atoms with Gasteiger partial charge in [-0.3, -0.25) is 47.3 Å². The van der Waals surface area contributed by atoms with E-state index in [2.05, 4.69) is 77.0 Å². The van der Waals surface area contributed by atoms with Crippen molar-refractivity contribution in [2.75, 3.05) is 77.4 Å². The summed E-state index contributed by atoms with van der Waals surface area (Å²) in [6.45, 7) is 10.7. The number of fused-ring (bicyclic) bond motifs is 2. The van der Waals surface area contributed by atoms with Gasteiger partial charge in [-0.2, -0.15) is 0 Å². The molecule has 0 aromatic heterocycles. The second-order valence-corrected chi connectivity index (χ2v) is 15.2. The third kappa shape index (κ3) is 7.78. The number of nitrogens with zero attached hydrogens (tertiary/aromatic N) is 3. The quantitative estimate of drug-likeness (QED) is 0.116. The van der Waals surface area contributed by atoms with E-state index < -0.39 is 0 Å². The number of allylic oxidation sites excluding steroid dienone is 1. The van der Waals surface area contributed by atoms with Crippen LogP contribution in [0.3, 0.4) is 0 Å². The average molecular weight is 665 g/mol. The molecule has 0 aromatic rings. The lowest BCUT2D eigenvalue weighted by Gasteiger charge is -2.46. The molecule has 7 heterocycles. The normalized spacial score (nSPS) is 36.3. The number of carbonyl (C=O) groups excluding carboxylic acids is 1. The molecule has 14 nitrogen and oxygen atoms in total. The van der Waals surface area contributed by atoms with Crippen LogP contribution in [0.4, 0.5) is 0 Å². The van der Waals surface area contributed by atoms with Crippen LogP contribution >= 0.6 is 23.5 Å². The molecule has 252 valence electrons. The summed E-state index contributed by atoms with van der Waals surface area (Å²) in [7, 11) is 0. The van der Waals surface area contributed by atoms with Gasteiger partial charge >= 0.3 is 0 Å². The molecule has 8 atom stereocenters. The highest BCUT2D eigenvalue weighted by Gasteiger charge is 2.43. The largest absolute Gasteiger partial charge is 0.378 e. The van der Waals surface area contributed by atoms with Crippen LogP contribution in [-0.4, -0.2) is 147 Å². The van der Waals surface area contributed by atoms with E-state index in [0.29, 0.717) is 18.4 Å². The Kier molecular flexibility index (Phi) is 11.1. The van der Waals surface area contributed by atoms with Gasteiger partial charge in [0.1, 0.15) is 0 Å². The van der Waals surface area contributed by atoms with Crippen LogP contribution in [0, 0.1) is 0 Å². The predicted molar refractivity (Wildman–Crippen MR) is 179 cm³/mol. The summed E-state index contributed by atoms with van der Waals surface area (Å²) in [5.41, 5.74) is 0. The van der Waals surface area contributed by atoms with Crippen molar-refractivity contribution in [1.29, 1.82) is 0 Å². The van der Waals surface area contributed by atoms with Gasteiger partial charge in [0.05, 0.1) is 53.9 Å². The number of hydrogen-bond donors (Lipinski definition) is 9. The van der Waals surface area contributed by atoms with Crippen LogP contribution in [-0.2, 0) is 9.53 Å². The summed E-state index contributed by atoms with van der Waals surface area (Å²) < 4.78 is 6.35. The molecule has 8 unspecified atom stereocenters. The molecule has 7 aliphatic rings. The zero-order valence-corrected chi connectivity index (χ0v) is 28.0. The third-order valence-corrected chi connectivity index (χ3v) is 11.9. The number of piperazine rings is 1. The molecule has 0 bridgehead atoms. The molecular weight excluding hydrogens is 613 g/mol. The van der Waals surface area contributed by atoms with Crippen LogP contribution in [0.2, 0.25) is 0 Å². The van der Waals surface area contributed by atoms with Gasteiger partial charge in [-0.05, 0) is 19.8 Å². The molecule has 16 heteroatoms. The Bertz CT molecular complexity index is 1080. The van der Waals surface area contributed by atoms with Crippen molar-refractivity contribution >= 4 is 29.4 Å². The van der Waals surface area contributed by atoms with Gasteiger partial charge in [0, 0.05) is 101 Å². The van der Waals surface area contributed by atoms with Crippen LogP contribution < -0.4 is 47.9 Å². The van der Waals surface area contributed by atoms with Crippen LogP contribution in [0.1, 0.15) is 26.2 Å². The number of carbonyl (C=O) groups is 1. The maximum Gasteiger partial charge on any atom is 0.261 e. The number of ether oxygens (including phenoxy) is 1. The molecular formula is C29H52N12O2S2. The van der Waals surface area contributed by atoms with Gasteiger partial charge in [-0.15, -0.1) is 23.5 Å². The van der Waals surface area contributed by atoms with Crippen molar-refractivity contribution in [3.05, 3.63) is 22.2 Å². The third-order valence-electron chi connectivity index (χ3n) is 9.81. The molecule has 1 amide bonds. The summed E-state index contributed by atoms with van der Waals surface area (Å²) in [6, 6.07) is 0.571. The number of amides is 1. The van der Waals surface area contributed by atoms with Gasteiger partial charge < -0.3 is 24.8 Å². The lowest BCUT2D eigenvalue weighted by molar-refractivity contribution is -0.127. The Morgan fingerprint density at radius 1 is 0.867 bits per heavy atom. The predicted octanol–water partition coefficient (Wildman–Crippen LogP) is -2.21. The van der Waals surface area contributed by atoms with Crippen molar-refractivity contribution in [1.82, 2.24) is 62.6 Å². The van der Waals surface area contributed by atoms with E-state index in [-0.39, 0.29) is 36.6 Å². The lowest BCUT2D eigenvalue weighted by atomic mass is 10.1. The van der Waals surface area contributed by atoms with Gasteiger partial charge in [0.2, 0.25) is 0 Å². The average Bonchev–Trinajstić information content (AvgIpc) is 3.77. The highest BCUT2D eigenvalue weighted by Crippen LogP contribution is 2.29. The van der Waals surface area contributed by atoms with Crippen LogP contribution in [0.5, 0.6) is 0 Å². The first-order valence-electron chi connectivity index (χ1n) is 16.9. The van der Waals surface area contributed by atoms with Crippen LogP contribution in [0.15, 0.2) is 22.2 Å². The Labute approximate surface area is 275 Å². The first-order valence-corrected chi connectivity index (χ1v) is 18.8. The van der Waals surface area contributed by atoms with E-state index in [1.54, 1.807) is 11.8 Å². The fourth-order valence-electron chi connectivity index (χ4n) is 7.48. The summed E-state index contributed by atoms with van der Waals surface area (Å²) in [6.07, 6.45) is 8.55. The van der Waals surface area contributed by atoms with E-state index in [0.717, 1.165) is 102 Å². The van der Waals surface area contributed by atoms with Crippen molar-refractivity contribution in [3.8, 4) is 0 Å². The van der Waals surface area contributed by atoms with Crippen molar-refractivity contribution in [2.45, 2.75) is 75.2 Å². The van der Waals surface area contributed by atoms with E-state index in [1.807, 2.05) is 16.7 Å². The Balaban J connectivity index is 0.886. The Morgan fingerprint density at radius 2 is 1.58 bits per heavy atom. The maximum absolute atomic E-state index is 13.3. The molecule has 9 N–H and O–H groups in total. The van der Waals surface area contributed by atoms with E-state index in [4.69, 9.17) is 4.74 Å². The first kappa shape index (κ1) is 32.4. The SMILES string of the molecule is CC(CC1NC2NCNC2C(N2C=C(C(=O)N3CCNCC3)SCC2)N1)OCCCC1=CN(C2NCNC3NCNC32)CCS1. The summed E-state index contributed by atoms with van der Waals surface area (Å²) in [4.78, 5) is 22.4. The molecule has 0 spiro atoms. The smallest absolute Gasteiger partial charge is 0.261 e. The summed E-state index contributed by atoms with van der Waals surface area (Å²) >= 11 is 3.68. The zero-order chi connectivity index (χ0) is 30.6. The molecule has 45 heavy (non-hydrogen) atoms. The fraction of sp³-hybridized carbons (Fsp3) is 0.828. The second-order valence-electron chi connectivity index (χ2n) is 12.9. The second kappa shape index (κ2) is 15.4. The van der Waals surface area contributed by atoms with E-state index in [1.165, 1.54) is 4.91 Å². The van der Waals surface area contributed by atoms with Crippen molar-refractivity contribution in [3.63, 3.8) is 0 Å². The number of rotatable bonds is 10. The number of nitrogens with one attached hydrogen (secondary N) is 9. The molecule has 7 rings (SSSR count). The Hall–Kier alpha value is -1.15. The van der Waals surface area contributed by atoms with Crippen LogP contribution in [0.25, 0.3) is 0 Å². The summed E-state index contributed by atoms with van der Waals surface area (Å²) in [5.74, 6) is 2.21. The molecule has 0 saturated carbocycles. The summed E-state index contributed by atoms with van der Waals surface area (Å²) in [5, 5.41) is 32.4. The van der Waals surface area contributed by atoms with Gasteiger partial charge in [0.15, 0.2) is 0 Å². The molecule has 0 aromatic carbocycles. The fourth-order valence-corrected chi connectivity index (χ4v) is 9.53.